The van der Waals surface area contributed by atoms with Gasteiger partial charge in [-0.25, -0.2) is 4.79 Å². The van der Waals surface area contributed by atoms with E-state index in [9.17, 15) is 19.7 Å². The van der Waals surface area contributed by atoms with E-state index < -0.39 is 22.4 Å². The number of amides is 1. The molecule has 0 aromatic heterocycles. The van der Waals surface area contributed by atoms with Gasteiger partial charge in [0.15, 0.2) is 11.3 Å². The number of non-ortho nitro benzene ring substituents is 1. The van der Waals surface area contributed by atoms with E-state index in [1.807, 2.05) is 0 Å². The lowest BCUT2D eigenvalue weighted by atomic mass is 10.0. The van der Waals surface area contributed by atoms with Crippen LogP contribution in [0.25, 0.3) is 5.76 Å². The second kappa shape index (κ2) is 4.23. The summed E-state index contributed by atoms with van der Waals surface area (Å²) in [4.78, 5) is 32.6. The average molecular weight is 259 g/mol. The molecule has 0 unspecified atom stereocenters. The zero-order valence-electron chi connectivity index (χ0n) is 9.25. The number of fused-ring (bicyclic) bond motifs is 1. The molecule has 1 heterocycles. The van der Waals surface area contributed by atoms with Crippen LogP contribution >= 0.6 is 0 Å². The summed E-state index contributed by atoms with van der Waals surface area (Å²) < 4.78 is 4.78. The minimum Gasteiger partial charge on any atom is -0.421 e. The number of nitro benzene ring substituents is 1. The van der Waals surface area contributed by atoms with Gasteiger partial charge >= 0.3 is 5.97 Å². The number of benzene rings is 1. The molecule has 0 spiro atoms. The van der Waals surface area contributed by atoms with Gasteiger partial charge in [-0.05, 0) is 6.07 Å². The molecule has 19 heavy (non-hydrogen) atoms. The van der Waals surface area contributed by atoms with Gasteiger partial charge in [0.2, 0.25) is 0 Å². The van der Waals surface area contributed by atoms with E-state index in [1.165, 1.54) is 12.1 Å². The molecule has 0 saturated heterocycles. The van der Waals surface area contributed by atoms with Crippen LogP contribution in [0.1, 0.15) is 15.9 Å². The van der Waals surface area contributed by atoms with E-state index in [-0.39, 0.29) is 22.6 Å². The van der Waals surface area contributed by atoms with E-state index in [1.54, 1.807) is 0 Å². The second-order valence-electron chi connectivity index (χ2n) is 3.56. The number of nitrogens with two attached hydrogens (primary N) is 1. The predicted octanol–water partition coefficient (Wildman–Crippen LogP) is 0.485. The number of carbonyl (C=O) groups is 2. The van der Waals surface area contributed by atoms with Gasteiger partial charge in [0.1, 0.15) is 6.07 Å². The largest absolute Gasteiger partial charge is 0.421 e. The number of hydrogen-bond acceptors (Lipinski definition) is 6. The minimum absolute atomic E-state index is 0.00884. The van der Waals surface area contributed by atoms with Gasteiger partial charge in [0.05, 0.1) is 10.5 Å². The SMILES string of the molecule is N#C/C(C(N)=O)=C1\OC(=O)c2ccc([N+](=O)[O-])cc21. The molecular weight excluding hydrogens is 254 g/mol. The fourth-order valence-electron chi connectivity index (χ4n) is 1.62. The van der Waals surface area contributed by atoms with Gasteiger partial charge in [0.25, 0.3) is 11.6 Å². The zero-order chi connectivity index (χ0) is 14.2. The standard InChI is InChI=1S/C11H5N3O5/c12-4-8(10(13)15)9-7-3-5(14(17)18)1-2-6(7)11(16)19-9/h1-3H,(H2,13,15)/b9-8+. The van der Waals surface area contributed by atoms with Crippen LogP contribution in [0.15, 0.2) is 23.8 Å². The smallest absolute Gasteiger partial charge is 0.344 e. The van der Waals surface area contributed by atoms with Crippen molar-refractivity contribution in [3.05, 3.63) is 45.0 Å². The van der Waals surface area contributed by atoms with Gasteiger partial charge in [-0.1, -0.05) is 0 Å². The number of nitrogens with zero attached hydrogens (tertiary/aromatic N) is 2. The molecule has 0 fully saturated rings. The number of nitriles is 1. The fourth-order valence-corrected chi connectivity index (χ4v) is 1.62. The van der Waals surface area contributed by atoms with Crippen molar-refractivity contribution in [2.45, 2.75) is 0 Å². The summed E-state index contributed by atoms with van der Waals surface area (Å²) in [5, 5.41) is 19.5. The van der Waals surface area contributed by atoms with Crippen molar-refractivity contribution in [2.75, 3.05) is 0 Å². The van der Waals surface area contributed by atoms with Gasteiger partial charge in [0, 0.05) is 17.7 Å². The van der Waals surface area contributed by atoms with E-state index in [4.69, 9.17) is 15.7 Å². The first-order valence-corrected chi connectivity index (χ1v) is 4.91. The first-order valence-electron chi connectivity index (χ1n) is 4.91. The fraction of sp³-hybridized carbons (Fsp3) is 0. The molecule has 1 amide bonds. The van der Waals surface area contributed by atoms with Crippen molar-refractivity contribution in [2.24, 2.45) is 5.73 Å². The third kappa shape index (κ3) is 1.89. The summed E-state index contributed by atoms with van der Waals surface area (Å²) in [6.07, 6.45) is 0. The molecule has 1 aromatic rings. The molecule has 94 valence electrons. The lowest BCUT2D eigenvalue weighted by molar-refractivity contribution is -0.384. The number of esters is 1. The number of hydrogen-bond donors (Lipinski definition) is 1. The van der Waals surface area contributed by atoms with Gasteiger partial charge in [-0.3, -0.25) is 14.9 Å². The topological polar surface area (TPSA) is 136 Å². The van der Waals surface area contributed by atoms with Crippen LogP contribution < -0.4 is 5.73 Å². The highest BCUT2D eigenvalue weighted by atomic mass is 16.6. The monoisotopic (exact) mass is 259 g/mol. The molecule has 0 aliphatic carbocycles. The van der Waals surface area contributed by atoms with Crippen molar-refractivity contribution in [1.29, 1.82) is 5.26 Å². The molecule has 0 radical (unpaired) electrons. The first kappa shape index (κ1) is 12.3. The number of carbonyl (C=O) groups excluding carboxylic acids is 2. The van der Waals surface area contributed by atoms with Crippen molar-refractivity contribution >= 4 is 23.3 Å². The van der Waals surface area contributed by atoms with Crippen LogP contribution in [0.4, 0.5) is 5.69 Å². The Morgan fingerprint density at radius 1 is 1.42 bits per heavy atom. The highest BCUT2D eigenvalue weighted by Gasteiger charge is 2.32. The molecule has 0 saturated carbocycles. The van der Waals surface area contributed by atoms with E-state index >= 15 is 0 Å². The van der Waals surface area contributed by atoms with E-state index in [0.29, 0.717) is 0 Å². The van der Waals surface area contributed by atoms with Crippen molar-refractivity contribution < 1.29 is 19.2 Å². The Morgan fingerprint density at radius 3 is 2.63 bits per heavy atom. The number of primary amides is 1. The number of ether oxygens (including phenoxy) is 1. The molecule has 8 nitrogen and oxygen atoms in total. The maximum Gasteiger partial charge on any atom is 0.344 e. The first-order chi connectivity index (χ1) is 8.95. The predicted molar refractivity (Wildman–Crippen MR) is 60.2 cm³/mol. The molecule has 0 atom stereocenters. The van der Waals surface area contributed by atoms with E-state index in [2.05, 4.69) is 0 Å². The summed E-state index contributed by atoms with van der Waals surface area (Å²) in [7, 11) is 0. The molecule has 2 rings (SSSR count). The maximum atomic E-state index is 11.5. The van der Waals surface area contributed by atoms with Crippen LogP contribution in [0.5, 0.6) is 0 Å². The van der Waals surface area contributed by atoms with Crippen molar-refractivity contribution in [1.82, 2.24) is 0 Å². The van der Waals surface area contributed by atoms with Gasteiger partial charge in [-0.2, -0.15) is 5.26 Å². The van der Waals surface area contributed by atoms with Gasteiger partial charge in [-0.15, -0.1) is 0 Å². The highest BCUT2D eigenvalue weighted by molar-refractivity contribution is 6.11. The lowest BCUT2D eigenvalue weighted by Gasteiger charge is -2.00. The minimum atomic E-state index is -1.08. The molecular formula is C11H5N3O5. The Hall–Kier alpha value is -3.21. The lowest BCUT2D eigenvalue weighted by Crippen LogP contribution is -2.14. The number of rotatable bonds is 2. The summed E-state index contributed by atoms with van der Waals surface area (Å²) in [6, 6.07) is 4.88. The number of nitro groups is 1. The third-order valence-electron chi connectivity index (χ3n) is 2.46. The summed E-state index contributed by atoms with van der Waals surface area (Å²) in [5.74, 6) is -2.22. The highest BCUT2D eigenvalue weighted by Crippen LogP contribution is 2.34. The molecule has 2 N–H and O–H groups in total. The van der Waals surface area contributed by atoms with Crippen LogP contribution in [-0.4, -0.2) is 16.8 Å². The second-order valence-corrected chi connectivity index (χ2v) is 3.56. The summed E-state index contributed by atoms with van der Waals surface area (Å²) in [5.41, 5.74) is 4.17. The van der Waals surface area contributed by atoms with Crippen LogP contribution in [-0.2, 0) is 9.53 Å². The Balaban J connectivity index is 2.73. The quantitative estimate of drug-likeness (QED) is 0.269. The summed E-state index contributed by atoms with van der Waals surface area (Å²) in [6.45, 7) is 0. The summed E-state index contributed by atoms with van der Waals surface area (Å²) >= 11 is 0. The Kier molecular flexibility index (Phi) is 2.73. The molecule has 1 aliphatic rings. The van der Waals surface area contributed by atoms with Crippen LogP contribution in [0.3, 0.4) is 0 Å². The van der Waals surface area contributed by atoms with Crippen LogP contribution in [0.2, 0.25) is 0 Å². The third-order valence-corrected chi connectivity index (χ3v) is 2.46. The van der Waals surface area contributed by atoms with Crippen molar-refractivity contribution in [3.63, 3.8) is 0 Å². The molecule has 0 bridgehead atoms. The van der Waals surface area contributed by atoms with Crippen LogP contribution in [0, 0.1) is 21.4 Å². The van der Waals surface area contributed by atoms with Gasteiger partial charge < -0.3 is 10.5 Å². The Labute approximate surface area is 105 Å². The molecule has 1 aromatic carbocycles. The Morgan fingerprint density at radius 2 is 2.11 bits per heavy atom. The average Bonchev–Trinajstić information content (AvgIpc) is 2.67. The Bertz CT molecular complexity index is 699. The van der Waals surface area contributed by atoms with Crippen molar-refractivity contribution in [3.8, 4) is 6.07 Å². The normalized spacial score (nSPS) is 15.2. The maximum absolute atomic E-state index is 11.5. The molecule has 1 aliphatic heterocycles. The number of cyclic esters (lactones) is 1. The van der Waals surface area contributed by atoms with E-state index in [0.717, 1.165) is 12.1 Å². The zero-order valence-corrected chi connectivity index (χ0v) is 9.25. The molecule has 8 heteroatoms.